The van der Waals surface area contributed by atoms with E-state index in [1.807, 2.05) is 0 Å². The Morgan fingerprint density at radius 3 is 2.90 bits per heavy atom. The molecule has 2 rings (SSSR count). The van der Waals surface area contributed by atoms with Gasteiger partial charge in [-0.2, -0.15) is 0 Å². The van der Waals surface area contributed by atoms with E-state index in [2.05, 4.69) is 15.3 Å². The van der Waals surface area contributed by atoms with Crippen LogP contribution in [0, 0.1) is 0 Å². The van der Waals surface area contributed by atoms with Crippen LogP contribution in [0.5, 0.6) is 5.88 Å². The molecule has 5 nitrogen and oxygen atoms in total. The van der Waals surface area contributed by atoms with Gasteiger partial charge >= 0.3 is 0 Å². The standard InChI is InChI=1S/C13H18Cl2N4O/c14-9-7-11(15)12(18-8-9)20-6-5-17-13(16)19-10-3-1-2-4-10/h7-8,10H,1-6H2,(H3,16,17,19). The molecule has 1 aliphatic rings. The average molecular weight is 317 g/mol. The molecule has 1 aromatic rings. The zero-order chi connectivity index (χ0) is 14.4. The van der Waals surface area contributed by atoms with Crippen LogP contribution < -0.4 is 15.8 Å². The monoisotopic (exact) mass is 316 g/mol. The van der Waals surface area contributed by atoms with Crippen LogP contribution in [0.1, 0.15) is 25.7 Å². The molecule has 7 heteroatoms. The number of pyridine rings is 1. The largest absolute Gasteiger partial charge is 0.475 e. The van der Waals surface area contributed by atoms with Gasteiger partial charge in [0.2, 0.25) is 5.88 Å². The Labute approximate surface area is 128 Å². The highest BCUT2D eigenvalue weighted by molar-refractivity contribution is 6.35. The minimum absolute atomic E-state index is 0.355. The fraction of sp³-hybridized carbons (Fsp3) is 0.538. The maximum absolute atomic E-state index is 5.94. The first-order chi connectivity index (χ1) is 9.65. The molecule has 1 aromatic heterocycles. The van der Waals surface area contributed by atoms with Crippen LogP contribution in [0.15, 0.2) is 17.3 Å². The zero-order valence-corrected chi connectivity index (χ0v) is 12.6. The number of rotatable bonds is 5. The second-order valence-electron chi connectivity index (χ2n) is 4.68. The van der Waals surface area contributed by atoms with E-state index in [1.165, 1.54) is 19.0 Å². The van der Waals surface area contributed by atoms with E-state index in [0.717, 1.165) is 12.8 Å². The molecule has 1 heterocycles. The third-order valence-corrected chi connectivity index (χ3v) is 3.57. The van der Waals surface area contributed by atoms with Gasteiger partial charge in [-0.3, -0.25) is 0 Å². The molecular weight excluding hydrogens is 299 g/mol. The van der Waals surface area contributed by atoms with Crippen molar-refractivity contribution in [2.24, 2.45) is 10.7 Å². The molecule has 1 fully saturated rings. The first-order valence-electron chi connectivity index (χ1n) is 6.65. The minimum Gasteiger partial charge on any atom is -0.475 e. The summed E-state index contributed by atoms with van der Waals surface area (Å²) in [6.45, 7) is 0.813. The van der Waals surface area contributed by atoms with Gasteiger partial charge in [0.15, 0.2) is 5.96 Å². The molecule has 0 unspecified atom stereocenters. The molecular formula is C13H18Cl2N4O. The molecule has 20 heavy (non-hydrogen) atoms. The molecule has 0 amide bonds. The van der Waals surface area contributed by atoms with Gasteiger partial charge in [0.25, 0.3) is 0 Å². The third kappa shape index (κ3) is 4.72. The van der Waals surface area contributed by atoms with Gasteiger partial charge in [-0.15, -0.1) is 0 Å². The van der Waals surface area contributed by atoms with Crippen molar-refractivity contribution in [2.45, 2.75) is 31.7 Å². The van der Waals surface area contributed by atoms with E-state index in [-0.39, 0.29) is 0 Å². The van der Waals surface area contributed by atoms with Crippen LogP contribution in [-0.4, -0.2) is 30.1 Å². The highest BCUT2D eigenvalue weighted by Gasteiger charge is 2.14. The van der Waals surface area contributed by atoms with Crippen molar-refractivity contribution in [2.75, 3.05) is 13.2 Å². The number of hydrogen-bond acceptors (Lipinski definition) is 3. The second kappa shape index (κ2) is 7.55. The first kappa shape index (κ1) is 15.2. The number of nitrogens with two attached hydrogens (primary N) is 1. The summed E-state index contributed by atoms with van der Waals surface area (Å²) in [7, 11) is 0. The second-order valence-corrected chi connectivity index (χ2v) is 5.53. The van der Waals surface area contributed by atoms with Gasteiger partial charge in [0, 0.05) is 12.2 Å². The van der Waals surface area contributed by atoms with E-state index < -0.39 is 0 Å². The number of ether oxygens (including phenoxy) is 1. The predicted octanol–water partition coefficient (Wildman–Crippen LogP) is 2.61. The quantitative estimate of drug-likeness (QED) is 0.497. The van der Waals surface area contributed by atoms with Gasteiger partial charge < -0.3 is 15.8 Å². The Bertz CT molecular complexity index is 475. The summed E-state index contributed by atoms with van der Waals surface area (Å²) in [5.74, 6) is 0.823. The van der Waals surface area contributed by atoms with Crippen molar-refractivity contribution < 1.29 is 4.74 Å². The SMILES string of the molecule is NC(=NCCOc1ncc(Cl)cc1Cl)NC1CCCC1. The molecule has 1 aliphatic carbocycles. The van der Waals surface area contributed by atoms with Gasteiger partial charge in [0.05, 0.1) is 11.6 Å². The average Bonchev–Trinajstić information content (AvgIpc) is 2.89. The fourth-order valence-corrected chi connectivity index (χ4v) is 2.58. The highest BCUT2D eigenvalue weighted by Crippen LogP contribution is 2.24. The lowest BCUT2D eigenvalue weighted by molar-refractivity contribution is 0.316. The van der Waals surface area contributed by atoms with Gasteiger partial charge in [-0.05, 0) is 18.9 Å². The van der Waals surface area contributed by atoms with Gasteiger partial charge in [0.1, 0.15) is 11.6 Å². The van der Waals surface area contributed by atoms with E-state index in [0.29, 0.717) is 41.1 Å². The fourth-order valence-electron chi connectivity index (χ4n) is 2.14. The Balaban J connectivity index is 1.72. The molecule has 110 valence electrons. The number of nitrogens with zero attached hydrogens (tertiary/aromatic N) is 2. The Hall–Kier alpha value is -1.20. The normalized spacial score (nSPS) is 16.4. The van der Waals surface area contributed by atoms with E-state index in [4.69, 9.17) is 33.7 Å². The zero-order valence-electron chi connectivity index (χ0n) is 11.1. The number of nitrogens with one attached hydrogen (secondary N) is 1. The lowest BCUT2D eigenvalue weighted by Crippen LogP contribution is -2.38. The molecule has 0 aliphatic heterocycles. The van der Waals surface area contributed by atoms with Crippen molar-refractivity contribution in [3.63, 3.8) is 0 Å². The predicted molar refractivity (Wildman–Crippen MR) is 81.6 cm³/mol. The lowest BCUT2D eigenvalue weighted by atomic mass is 10.2. The van der Waals surface area contributed by atoms with E-state index in [9.17, 15) is 0 Å². The summed E-state index contributed by atoms with van der Waals surface area (Å²) in [4.78, 5) is 8.21. The first-order valence-corrected chi connectivity index (χ1v) is 7.41. The number of halogens is 2. The minimum atomic E-state index is 0.355. The molecule has 0 bridgehead atoms. The Morgan fingerprint density at radius 1 is 1.45 bits per heavy atom. The summed E-state index contributed by atoms with van der Waals surface area (Å²) in [5.41, 5.74) is 5.81. The molecule has 0 saturated heterocycles. The number of aliphatic imine (C=N–C) groups is 1. The Kier molecular flexibility index (Phi) is 5.73. The summed E-state index contributed by atoms with van der Waals surface area (Å²) in [6, 6.07) is 2.05. The molecule has 0 atom stereocenters. The molecule has 0 spiro atoms. The maximum atomic E-state index is 5.94. The summed E-state index contributed by atoms with van der Waals surface area (Å²) < 4.78 is 5.42. The van der Waals surface area contributed by atoms with Crippen molar-refractivity contribution in [1.29, 1.82) is 0 Å². The molecule has 1 saturated carbocycles. The van der Waals surface area contributed by atoms with Crippen molar-refractivity contribution in [3.05, 3.63) is 22.3 Å². The van der Waals surface area contributed by atoms with Crippen LogP contribution in [0.25, 0.3) is 0 Å². The number of hydrogen-bond donors (Lipinski definition) is 2. The summed E-state index contributed by atoms with van der Waals surface area (Å²) in [5, 5.41) is 4.07. The summed E-state index contributed by atoms with van der Waals surface area (Å²) in [6.07, 6.45) is 6.33. The topological polar surface area (TPSA) is 72.5 Å². The Morgan fingerprint density at radius 2 is 2.20 bits per heavy atom. The third-order valence-electron chi connectivity index (χ3n) is 3.09. The molecule has 0 radical (unpaired) electrons. The van der Waals surface area contributed by atoms with Crippen LogP contribution in [0.2, 0.25) is 10.0 Å². The van der Waals surface area contributed by atoms with Crippen LogP contribution in [-0.2, 0) is 0 Å². The van der Waals surface area contributed by atoms with Gasteiger partial charge in [-0.1, -0.05) is 36.0 Å². The van der Waals surface area contributed by atoms with Crippen LogP contribution in [0.4, 0.5) is 0 Å². The number of guanidine groups is 1. The maximum Gasteiger partial charge on any atom is 0.232 e. The van der Waals surface area contributed by atoms with Crippen LogP contribution in [0.3, 0.4) is 0 Å². The van der Waals surface area contributed by atoms with E-state index >= 15 is 0 Å². The van der Waals surface area contributed by atoms with Crippen molar-refractivity contribution in [3.8, 4) is 5.88 Å². The van der Waals surface area contributed by atoms with Gasteiger partial charge in [-0.25, -0.2) is 9.98 Å². The molecule has 0 aromatic carbocycles. The highest BCUT2D eigenvalue weighted by atomic mass is 35.5. The van der Waals surface area contributed by atoms with Crippen LogP contribution >= 0.6 is 23.2 Å². The van der Waals surface area contributed by atoms with Crippen molar-refractivity contribution in [1.82, 2.24) is 10.3 Å². The summed E-state index contributed by atoms with van der Waals surface area (Å²) >= 11 is 11.7. The molecule has 3 N–H and O–H groups in total. The van der Waals surface area contributed by atoms with Crippen molar-refractivity contribution >= 4 is 29.2 Å². The smallest absolute Gasteiger partial charge is 0.232 e. The number of aromatic nitrogens is 1. The lowest BCUT2D eigenvalue weighted by Gasteiger charge is -2.12. The van der Waals surface area contributed by atoms with E-state index in [1.54, 1.807) is 6.07 Å².